The predicted octanol–water partition coefficient (Wildman–Crippen LogP) is 13.9. The lowest BCUT2D eigenvalue weighted by Crippen LogP contribution is -2.06. The van der Waals surface area contributed by atoms with Crippen LogP contribution in [-0.2, 0) is 0 Å². The largest absolute Gasteiger partial charge is 0.455 e. The van der Waals surface area contributed by atoms with Crippen LogP contribution in [0.2, 0.25) is 0 Å². The molecule has 0 aliphatic carbocycles. The Labute approximate surface area is 330 Å². The number of para-hydroxylation sites is 2. The van der Waals surface area contributed by atoms with E-state index >= 15 is 0 Å². The Morgan fingerprint density at radius 2 is 1.04 bits per heavy atom. The number of rotatable bonds is 5. The minimum atomic E-state index is 0.580. The van der Waals surface area contributed by atoms with Crippen LogP contribution in [-0.4, -0.2) is 19.5 Å². The van der Waals surface area contributed by atoms with Crippen LogP contribution in [0.25, 0.3) is 115 Å². The number of fused-ring (bicyclic) bond motifs is 9. The number of thiophene rings is 1. The summed E-state index contributed by atoms with van der Waals surface area (Å²) >= 11 is 1.78. The molecule has 0 amide bonds. The van der Waals surface area contributed by atoms with E-state index in [9.17, 15) is 0 Å². The van der Waals surface area contributed by atoms with Crippen LogP contribution in [0, 0.1) is 0 Å². The highest BCUT2D eigenvalue weighted by Gasteiger charge is 2.21. The maximum atomic E-state index is 6.51. The van der Waals surface area contributed by atoms with Gasteiger partial charge in [-0.1, -0.05) is 140 Å². The Bertz CT molecular complexity index is 3530. The van der Waals surface area contributed by atoms with Gasteiger partial charge in [0.25, 0.3) is 0 Å². The summed E-state index contributed by atoms with van der Waals surface area (Å²) in [6, 6.07) is 63.8. The molecular formula is C51H30N4OS. The van der Waals surface area contributed by atoms with Crippen LogP contribution in [0.4, 0.5) is 0 Å². The molecule has 6 heteroatoms. The van der Waals surface area contributed by atoms with E-state index in [1.54, 1.807) is 11.3 Å². The Morgan fingerprint density at radius 1 is 0.404 bits per heavy atom. The van der Waals surface area contributed by atoms with Gasteiger partial charge in [0.1, 0.15) is 11.2 Å². The zero-order valence-electron chi connectivity index (χ0n) is 30.4. The van der Waals surface area contributed by atoms with Crippen LogP contribution < -0.4 is 0 Å². The van der Waals surface area contributed by atoms with Gasteiger partial charge >= 0.3 is 0 Å². The third-order valence-electron chi connectivity index (χ3n) is 11.1. The lowest BCUT2D eigenvalue weighted by molar-refractivity contribution is 0.670. The Kier molecular flexibility index (Phi) is 7.03. The van der Waals surface area contributed by atoms with E-state index in [1.165, 1.54) is 20.2 Å². The fourth-order valence-electron chi connectivity index (χ4n) is 8.42. The average Bonchev–Trinajstić information content (AvgIpc) is 3.96. The second-order valence-corrected chi connectivity index (χ2v) is 15.4. The van der Waals surface area contributed by atoms with Crippen molar-refractivity contribution in [1.29, 1.82) is 0 Å². The summed E-state index contributed by atoms with van der Waals surface area (Å²) in [5.41, 5.74) is 10.3. The first-order valence-electron chi connectivity index (χ1n) is 19.0. The number of furan rings is 1. The van der Waals surface area contributed by atoms with Gasteiger partial charge in [-0.25, -0.2) is 4.98 Å². The molecule has 0 N–H and O–H groups in total. The van der Waals surface area contributed by atoms with Crippen LogP contribution in [0.1, 0.15) is 0 Å². The number of nitrogens with zero attached hydrogens (tertiary/aromatic N) is 4. The maximum Gasteiger partial charge on any atom is 0.238 e. The van der Waals surface area contributed by atoms with Crippen molar-refractivity contribution in [1.82, 2.24) is 19.5 Å². The van der Waals surface area contributed by atoms with Crippen molar-refractivity contribution in [3.8, 4) is 51.0 Å². The van der Waals surface area contributed by atoms with Gasteiger partial charge in [-0.2, -0.15) is 9.97 Å². The number of benzene rings is 8. The van der Waals surface area contributed by atoms with Crippen molar-refractivity contribution in [2.24, 2.45) is 0 Å². The van der Waals surface area contributed by atoms with Crippen molar-refractivity contribution in [3.05, 3.63) is 182 Å². The summed E-state index contributed by atoms with van der Waals surface area (Å²) in [7, 11) is 0. The highest BCUT2D eigenvalue weighted by Crippen LogP contribution is 2.41. The monoisotopic (exact) mass is 746 g/mol. The minimum absolute atomic E-state index is 0.580. The topological polar surface area (TPSA) is 56.7 Å². The molecule has 0 bridgehead atoms. The molecule has 0 aliphatic heterocycles. The van der Waals surface area contributed by atoms with Crippen LogP contribution in [0.5, 0.6) is 0 Å². The molecule has 0 unspecified atom stereocenters. The molecule has 266 valence electrons. The van der Waals surface area contributed by atoms with Crippen molar-refractivity contribution in [2.75, 3.05) is 0 Å². The quantitative estimate of drug-likeness (QED) is 0.176. The molecule has 4 heterocycles. The zero-order chi connectivity index (χ0) is 37.5. The van der Waals surface area contributed by atoms with E-state index in [2.05, 4.69) is 162 Å². The highest BCUT2D eigenvalue weighted by atomic mass is 32.1. The molecule has 0 saturated heterocycles. The molecule has 8 aromatic carbocycles. The molecule has 0 fully saturated rings. The van der Waals surface area contributed by atoms with E-state index in [4.69, 9.17) is 19.4 Å². The first kappa shape index (κ1) is 31.9. The Morgan fingerprint density at radius 3 is 1.88 bits per heavy atom. The second-order valence-electron chi connectivity index (χ2n) is 14.4. The number of aromatic nitrogens is 4. The van der Waals surface area contributed by atoms with Crippen molar-refractivity contribution in [3.63, 3.8) is 0 Å². The maximum absolute atomic E-state index is 6.51. The number of hydrogen-bond acceptors (Lipinski definition) is 5. The third-order valence-corrected chi connectivity index (χ3v) is 12.3. The van der Waals surface area contributed by atoms with E-state index in [-0.39, 0.29) is 0 Å². The minimum Gasteiger partial charge on any atom is -0.455 e. The van der Waals surface area contributed by atoms with Crippen LogP contribution in [0.3, 0.4) is 0 Å². The molecule has 4 aromatic heterocycles. The lowest BCUT2D eigenvalue weighted by atomic mass is 9.99. The van der Waals surface area contributed by atoms with Gasteiger partial charge in [0.05, 0.1) is 11.0 Å². The predicted molar refractivity (Wildman–Crippen MR) is 236 cm³/mol. The summed E-state index contributed by atoms with van der Waals surface area (Å²) in [6.07, 6.45) is 0. The van der Waals surface area contributed by atoms with Crippen LogP contribution in [0.15, 0.2) is 186 Å². The smallest absolute Gasteiger partial charge is 0.238 e. The SMILES string of the molecule is c1ccc(-c2nc(-c3cccc4c3sc3ccccc34)nc(-n3c4ccccc4c4cc(-c5ccc6oc7c(-c8ccccc8)cccc7c6c5)ccc43)n2)cc1. The van der Waals surface area contributed by atoms with Gasteiger partial charge in [0, 0.05) is 58.4 Å². The number of hydrogen-bond donors (Lipinski definition) is 0. The summed E-state index contributed by atoms with van der Waals surface area (Å²) in [5.74, 6) is 1.86. The summed E-state index contributed by atoms with van der Waals surface area (Å²) in [4.78, 5) is 15.6. The molecule has 0 atom stereocenters. The molecule has 0 spiro atoms. The molecular weight excluding hydrogens is 717 g/mol. The Hall–Kier alpha value is -7.41. The van der Waals surface area contributed by atoms with Crippen molar-refractivity contribution in [2.45, 2.75) is 0 Å². The van der Waals surface area contributed by atoms with Crippen LogP contribution >= 0.6 is 11.3 Å². The molecule has 12 aromatic rings. The first-order valence-corrected chi connectivity index (χ1v) is 19.8. The molecule has 0 radical (unpaired) electrons. The fraction of sp³-hybridized carbons (Fsp3) is 0. The molecule has 5 nitrogen and oxygen atoms in total. The first-order chi connectivity index (χ1) is 28.2. The third kappa shape index (κ3) is 5.04. The second kappa shape index (κ2) is 12.6. The van der Waals surface area contributed by atoms with Crippen molar-refractivity contribution >= 4 is 75.3 Å². The summed E-state index contributed by atoms with van der Waals surface area (Å²) in [6.45, 7) is 0. The molecule has 0 aliphatic rings. The van der Waals surface area contributed by atoms with E-state index < -0.39 is 0 Å². The Balaban J connectivity index is 1.05. The van der Waals surface area contributed by atoms with Gasteiger partial charge < -0.3 is 4.42 Å². The molecule has 0 saturated carbocycles. The average molecular weight is 747 g/mol. The van der Waals surface area contributed by atoms with E-state index in [0.717, 1.165) is 77.1 Å². The lowest BCUT2D eigenvalue weighted by Gasteiger charge is -2.11. The standard InChI is InChI=1S/C51H30N4OS/c1-3-13-31(14-4-1)35-19-11-20-38-42-30-34(26-28-45(42)56-47(35)38)33-25-27-44-41(29-33)36-17-7-9-23-43(36)55(44)51-53-49(32-15-5-2-6-16-32)52-50(54-51)40-22-12-21-39-37-18-8-10-24-46(37)57-48(39)40/h1-30H. The van der Waals surface area contributed by atoms with Crippen molar-refractivity contribution < 1.29 is 4.42 Å². The van der Waals surface area contributed by atoms with Gasteiger partial charge in [0.2, 0.25) is 5.95 Å². The fourth-order valence-corrected chi connectivity index (χ4v) is 9.63. The normalized spacial score (nSPS) is 11.9. The summed E-state index contributed by atoms with van der Waals surface area (Å²) in [5, 5.41) is 6.92. The van der Waals surface area contributed by atoms with E-state index in [0.29, 0.717) is 17.6 Å². The molecule has 12 rings (SSSR count). The van der Waals surface area contributed by atoms with Gasteiger partial charge in [-0.05, 0) is 59.2 Å². The van der Waals surface area contributed by atoms with E-state index in [1.807, 2.05) is 24.3 Å². The zero-order valence-corrected chi connectivity index (χ0v) is 31.2. The highest BCUT2D eigenvalue weighted by molar-refractivity contribution is 7.26. The van der Waals surface area contributed by atoms with Gasteiger partial charge in [0.15, 0.2) is 11.6 Å². The molecule has 57 heavy (non-hydrogen) atoms. The summed E-state index contributed by atoms with van der Waals surface area (Å²) < 4.78 is 11.1. The van der Waals surface area contributed by atoms with Gasteiger partial charge in [-0.3, -0.25) is 4.57 Å². The van der Waals surface area contributed by atoms with Gasteiger partial charge in [-0.15, -0.1) is 11.3 Å².